The third-order valence-electron chi connectivity index (χ3n) is 3.34. The van der Waals surface area contributed by atoms with Gasteiger partial charge in [0.2, 0.25) is 0 Å². The van der Waals surface area contributed by atoms with Crippen molar-refractivity contribution in [2.24, 2.45) is 0 Å². The summed E-state index contributed by atoms with van der Waals surface area (Å²) < 4.78 is 10.5. The maximum atomic E-state index is 12.3. The standard InChI is InChI=1S/C16H10N2O4/c19-15(13-8-9-4-1-2-7-12(9)21-13)17-10-5-3-6-11-14(10)22-16(20)18-11/h1-8H,(H,17,19)(H,18,20). The summed E-state index contributed by atoms with van der Waals surface area (Å²) in [5, 5.41) is 3.54. The summed E-state index contributed by atoms with van der Waals surface area (Å²) in [5.41, 5.74) is 1.87. The molecule has 2 aromatic heterocycles. The van der Waals surface area contributed by atoms with Crippen LogP contribution in [0.5, 0.6) is 0 Å². The van der Waals surface area contributed by atoms with Crippen LogP contribution in [0, 0.1) is 0 Å². The number of oxazole rings is 1. The summed E-state index contributed by atoms with van der Waals surface area (Å²) in [6, 6.07) is 14.1. The summed E-state index contributed by atoms with van der Waals surface area (Å²) in [4.78, 5) is 26.1. The Morgan fingerprint density at radius 2 is 1.91 bits per heavy atom. The SMILES string of the molecule is O=C(Nc1cccc2[nH]c(=O)oc12)c1cc2ccccc2o1. The van der Waals surface area contributed by atoms with E-state index in [1.165, 1.54) is 0 Å². The quantitative estimate of drug-likeness (QED) is 0.594. The van der Waals surface area contributed by atoms with Gasteiger partial charge in [-0.05, 0) is 24.3 Å². The van der Waals surface area contributed by atoms with Gasteiger partial charge in [-0.25, -0.2) is 4.79 Å². The number of carbonyl (C=O) groups excluding carboxylic acids is 1. The fraction of sp³-hybridized carbons (Fsp3) is 0. The van der Waals surface area contributed by atoms with Crippen molar-refractivity contribution < 1.29 is 13.6 Å². The zero-order valence-electron chi connectivity index (χ0n) is 11.3. The van der Waals surface area contributed by atoms with E-state index >= 15 is 0 Å². The lowest BCUT2D eigenvalue weighted by atomic mass is 10.2. The number of para-hydroxylation sites is 2. The fourth-order valence-electron chi connectivity index (χ4n) is 2.35. The van der Waals surface area contributed by atoms with Crippen LogP contribution < -0.4 is 11.1 Å². The van der Waals surface area contributed by atoms with Crippen molar-refractivity contribution in [3.05, 3.63) is 64.8 Å². The number of benzene rings is 2. The molecule has 0 atom stereocenters. The number of hydrogen-bond acceptors (Lipinski definition) is 4. The highest BCUT2D eigenvalue weighted by Gasteiger charge is 2.15. The van der Waals surface area contributed by atoms with Crippen LogP contribution in [0.4, 0.5) is 5.69 Å². The van der Waals surface area contributed by atoms with Gasteiger partial charge in [0, 0.05) is 5.39 Å². The smallest absolute Gasteiger partial charge is 0.417 e. The lowest BCUT2D eigenvalue weighted by Crippen LogP contribution is -2.10. The average Bonchev–Trinajstić information content (AvgIpc) is 3.10. The lowest BCUT2D eigenvalue weighted by Gasteiger charge is -2.02. The summed E-state index contributed by atoms with van der Waals surface area (Å²) in [5.74, 6) is -0.788. The first kappa shape index (κ1) is 12.5. The van der Waals surface area contributed by atoms with E-state index in [1.54, 1.807) is 30.3 Å². The Labute approximate surface area is 123 Å². The summed E-state index contributed by atoms with van der Waals surface area (Å²) in [6.45, 7) is 0. The van der Waals surface area contributed by atoms with E-state index in [9.17, 15) is 9.59 Å². The zero-order valence-corrected chi connectivity index (χ0v) is 11.3. The molecule has 1 amide bonds. The molecule has 22 heavy (non-hydrogen) atoms. The maximum absolute atomic E-state index is 12.3. The number of aromatic amines is 1. The van der Waals surface area contributed by atoms with Gasteiger partial charge in [-0.1, -0.05) is 24.3 Å². The van der Waals surface area contributed by atoms with Gasteiger partial charge in [0.15, 0.2) is 11.3 Å². The van der Waals surface area contributed by atoms with Crippen molar-refractivity contribution >= 4 is 33.7 Å². The molecule has 0 bridgehead atoms. The number of furan rings is 1. The molecule has 0 fully saturated rings. The number of fused-ring (bicyclic) bond motifs is 2. The van der Waals surface area contributed by atoms with Crippen LogP contribution in [0.1, 0.15) is 10.6 Å². The Balaban J connectivity index is 1.72. The van der Waals surface area contributed by atoms with Crippen molar-refractivity contribution in [2.45, 2.75) is 0 Å². The first-order valence-electron chi connectivity index (χ1n) is 6.62. The number of hydrogen-bond donors (Lipinski definition) is 2. The Bertz CT molecular complexity index is 1020. The molecule has 2 N–H and O–H groups in total. The number of anilines is 1. The molecule has 2 heterocycles. The van der Waals surface area contributed by atoms with Crippen LogP contribution in [0.15, 0.2) is 62.2 Å². The van der Waals surface area contributed by atoms with E-state index in [4.69, 9.17) is 8.83 Å². The number of aromatic nitrogens is 1. The molecule has 2 aromatic carbocycles. The molecule has 0 spiro atoms. The number of H-pyrrole nitrogens is 1. The average molecular weight is 294 g/mol. The Morgan fingerprint density at radius 3 is 2.77 bits per heavy atom. The lowest BCUT2D eigenvalue weighted by molar-refractivity contribution is 0.0998. The molecule has 0 aliphatic carbocycles. The van der Waals surface area contributed by atoms with Crippen molar-refractivity contribution in [1.29, 1.82) is 0 Å². The highest BCUT2D eigenvalue weighted by atomic mass is 16.4. The largest absolute Gasteiger partial charge is 0.451 e. The van der Waals surface area contributed by atoms with Gasteiger partial charge in [-0.15, -0.1) is 0 Å². The third kappa shape index (κ3) is 1.98. The minimum Gasteiger partial charge on any atom is -0.451 e. The molecule has 0 saturated heterocycles. The molecule has 6 heteroatoms. The number of rotatable bonds is 2. The molecular weight excluding hydrogens is 284 g/mol. The molecular formula is C16H10N2O4. The molecule has 6 nitrogen and oxygen atoms in total. The number of nitrogens with one attached hydrogen (secondary N) is 2. The van der Waals surface area contributed by atoms with E-state index < -0.39 is 11.7 Å². The number of carbonyl (C=O) groups is 1. The van der Waals surface area contributed by atoms with Crippen LogP contribution in [0.25, 0.3) is 22.1 Å². The van der Waals surface area contributed by atoms with E-state index in [2.05, 4.69) is 10.3 Å². The van der Waals surface area contributed by atoms with Crippen LogP contribution >= 0.6 is 0 Å². The van der Waals surface area contributed by atoms with Gasteiger partial charge >= 0.3 is 5.76 Å². The topological polar surface area (TPSA) is 88.2 Å². The van der Waals surface area contributed by atoms with Gasteiger partial charge < -0.3 is 14.2 Å². The Kier molecular flexibility index (Phi) is 2.62. The molecule has 4 rings (SSSR count). The molecule has 0 saturated carbocycles. The molecule has 4 aromatic rings. The predicted octanol–water partition coefficient (Wildman–Crippen LogP) is 3.12. The molecule has 0 unspecified atom stereocenters. The Hall–Kier alpha value is -3.28. The highest BCUT2D eigenvalue weighted by molar-refractivity contribution is 6.07. The number of amides is 1. The first-order chi connectivity index (χ1) is 10.7. The Morgan fingerprint density at radius 1 is 1.05 bits per heavy atom. The van der Waals surface area contributed by atoms with E-state index in [1.807, 2.05) is 18.2 Å². The molecule has 0 aliphatic heterocycles. The minimum atomic E-state index is -0.569. The van der Waals surface area contributed by atoms with Gasteiger partial charge in [0.05, 0.1) is 11.2 Å². The van der Waals surface area contributed by atoms with E-state index in [0.29, 0.717) is 22.4 Å². The van der Waals surface area contributed by atoms with Gasteiger partial charge in [0.1, 0.15) is 5.58 Å². The second kappa shape index (κ2) is 4.63. The normalized spacial score (nSPS) is 11.1. The van der Waals surface area contributed by atoms with Crippen LogP contribution in [0.2, 0.25) is 0 Å². The third-order valence-corrected chi connectivity index (χ3v) is 3.34. The maximum Gasteiger partial charge on any atom is 0.417 e. The summed E-state index contributed by atoms with van der Waals surface area (Å²) in [6.07, 6.45) is 0. The predicted molar refractivity (Wildman–Crippen MR) is 81.0 cm³/mol. The van der Waals surface area contributed by atoms with Gasteiger partial charge in [-0.2, -0.15) is 0 Å². The molecule has 0 aliphatic rings. The first-order valence-corrected chi connectivity index (χ1v) is 6.62. The van der Waals surface area contributed by atoms with E-state index in [-0.39, 0.29) is 5.76 Å². The molecule has 0 radical (unpaired) electrons. The monoisotopic (exact) mass is 294 g/mol. The summed E-state index contributed by atoms with van der Waals surface area (Å²) in [7, 11) is 0. The van der Waals surface area contributed by atoms with Crippen molar-refractivity contribution in [3.63, 3.8) is 0 Å². The summed E-state index contributed by atoms with van der Waals surface area (Å²) >= 11 is 0. The van der Waals surface area contributed by atoms with Crippen molar-refractivity contribution in [1.82, 2.24) is 4.98 Å². The van der Waals surface area contributed by atoms with Crippen molar-refractivity contribution in [2.75, 3.05) is 5.32 Å². The van der Waals surface area contributed by atoms with Crippen LogP contribution in [-0.2, 0) is 0 Å². The fourth-order valence-corrected chi connectivity index (χ4v) is 2.35. The highest BCUT2D eigenvalue weighted by Crippen LogP contribution is 2.23. The minimum absolute atomic E-state index is 0.191. The second-order valence-corrected chi connectivity index (χ2v) is 4.80. The van der Waals surface area contributed by atoms with Crippen LogP contribution in [0.3, 0.4) is 0 Å². The van der Waals surface area contributed by atoms with E-state index in [0.717, 1.165) is 5.39 Å². The van der Waals surface area contributed by atoms with Gasteiger partial charge in [0.25, 0.3) is 5.91 Å². The zero-order chi connectivity index (χ0) is 15.1. The van der Waals surface area contributed by atoms with Gasteiger partial charge in [-0.3, -0.25) is 9.78 Å². The second-order valence-electron chi connectivity index (χ2n) is 4.80. The van der Waals surface area contributed by atoms with Crippen LogP contribution in [-0.4, -0.2) is 10.9 Å². The van der Waals surface area contributed by atoms with Crippen molar-refractivity contribution in [3.8, 4) is 0 Å². The molecule has 108 valence electrons.